The molecule has 0 aliphatic carbocycles. The van der Waals surface area contributed by atoms with Gasteiger partial charge < -0.3 is 14.6 Å². The predicted octanol–water partition coefficient (Wildman–Crippen LogP) is 3.26. The molecule has 0 atom stereocenters. The Balaban J connectivity index is 2.08. The van der Waals surface area contributed by atoms with Crippen LogP contribution in [0, 0.1) is 6.92 Å². The molecule has 0 spiro atoms. The van der Waals surface area contributed by atoms with Gasteiger partial charge in [0.05, 0.1) is 11.8 Å². The second-order valence-corrected chi connectivity index (χ2v) is 4.63. The molecule has 1 aromatic heterocycles. The zero-order valence-corrected chi connectivity index (χ0v) is 11.3. The van der Waals surface area contributed by atoms with Crippen molar-refractivity contribution < 1.29 is 4.74 Å². The van der Waals surface area contributed by atoms with Crippen molar-refractivity contribution in [3.05, 3.63) is 36.2 Å². The summed E-state index contributed by atoms with van der Waals surface area (Å²) in [7, 11) is 1.97. The van der Waals surface area contributed by atoms with Gasteiger partial charge in [-0.1, -0.05) is 0 Å². The van der Waals surface area contributed by atoms with E-state index in [0.29, 0.717) is 0 Å². The van der Waals surface area contributed by atoms with Gasteiger partial charge in [-0.2, -0.15) is 0 Å². The maximum Gasteiger partial charge on any atom is 0.207 e. The normalized spacial score (nSPS) is 10.7. The molecule has 0 saturated carbocycles. The summed E-state index contributed by atoms with van der Waals surface area (Å²) in [6, 6.07) is 7.89. The number of hydrogen-bond acceptors (Lipinski definition) is 3. The van der Waals surface area contributed by atoms with Gasteiger partial charge in [-0.25, -0.2) is 4.98 Å². The molecule has 18 heavy (non-hydrogen) atoms. The first-order valence-electron chi connectivity index (χ1n) is 6.08. The number of hydrogen-bond donors (Lipinski definition) is 1. The molecule has 1 N–H and O–H groups in total. The average Bonchev–Trinajstić information content (AvgIpc) is 2.59. The number of benzene rings is 1. The molecule has 4 nitrogen and oxygen atoms in total. The lowest BCUT2D eigenvalue weighted by Gasteiger charge is -2.10. The van der Waals surface area contributed by atoms with Crippen molar-refractivity contribution in [2.75, 3.05) is 5.32 Å². The molecule has 0 saturated heterocycles. The van der Waals surface area contributed by atoms with Gasteiger partial charge >= 0.3 is 0 Å². The van der Waals surface area contributed by atoms with Crippen molar-refractivity contribution in [2.45, 2.75) is 26.9 Å². The van der Waals surface area contributed by atoms with Crippen LogP contribution in [0.15, 0.2) is 30.5 Å². The molecule has 0 aliphatic heterocycles. The highest BCUT2D eigenvalue weighted by atomic mass is 16.5. The number of aryl methyl sites for hydroxylation is 2. The summed E-state index contributed by atoms with van der Waals surface area (Å²) in [5.41, 5.74) is 2.00. The number of aromatic nitrogens is 2. The Bertz CT molecular complexity index is 514. The number of imidazole rings is 1. The largest absolute Gasteiger partial charge is 0.491 e. The van der Waals surface area contributed by atoms with E-state index in [9.17, 15) is 0 Å². The Labute approximate surface area is 108 Å². The van der Waals surface area contributed by atoms with Crippen LogP contribution in [0.25, 0.3) is 0 Å². The summed E-state index contributed by atoms with van der Waals surface area (Å²) in [6.07, 6.45) is 2.18. The SMILES string of the molecule is Cc1cn(C)c(Nc2ccc(OC(C)C)cc2)n1. The average molecular weight is 245 g/mol. The minimum Gasteiger partial charge on any atom is -0.491 e. The van der Waals surface area contributed by atoms with Gasteiger partial charge in [0.15, 0.2) is 0 Å². The Hall–Kier alpha value is -1.97. The van der Waals surface area contributed by atoms with Gasteiger partial charge in [0.1, 0.15) is 5.75 Å². The Morgan fingerprint density at radius 2 is 1.89 bits per heavy atom. The van der Waals surface area contributed by atoms with E-state index < -0.39 is 0 Å². The lowest BCUT2D eigenvalue weighted by atomic mass is 10.3. The third kappa shape index (κ3) is 3.03. The van der Waals surface area contributed by atoms with Gasteiger partial charge in [-0.05, 0) is 45.0 Å². The molecular weight excluding hydrogens is 226 g/mol. The summed E-state index contributed by atoms with van der Waals surface area (Å²) in [6.45, 7) is 6.01. The molecule has 4 heteroatoms. The van der Waals surface area contributed by atoms with Gasteiger partial charge in [0.2, 0.25) is 5.95 Å². The van der Waals surface area contributed by atoms with Crippen LogP contribution in [0.4, 0.5) is 11.6 Å². The molecule has 0 amide bonds. The van der Waals surface area contributed by atoms with Crippen molar-refractivity contribution >= 4 is 11.6 Å². The van der Waals surface area contributed by atoms with Crippen LogP contribution >= 0.6 is 0 Å². The first-order valence-corrected chi connectivity index (χ1v) is 6.08. The first-order chi connectivity index (χ1) is 8.54. The first kappa shape index (κ1) is 12.5. The molecule has 0 fully saturated rings. The highest BCUT2D eigenvalue weighted by Crippen LogP contribution is 2.20. The van der Waals surface area contributed by atoms with E-state index in [1.165, 1.54) is 0 Å². The van der Waals surface area contributed by atoms with Crippen LogP contribution in [0.2, 0.25) is 0 Å². The van der Waals surface area contributed by atoms with E-state index >= 15 is 0 Å². The lowest BCUT2D eigenvalue weighted by Crippen LogP contribution is -2.05. The quantitative estimate of drug-likeness (QED) is 0.898. The smallest absolute Gasteiger partial charge is 0.207 e. The number of rotatable bonds is 4. The van der Waals surface area contributed by atoms with Crippen molar-refractivity contribution in [3.63, 3.8) is 0 Å². The van der Waals surface area contributed by atoms with Crippen molar-refractivity contribution in [1.82, 2.24) is 9.55 Å². The standard InChI is InChI=1S/C14H19N3O/c1-10(2)18-13-7-5-12(6-8-13)16-14-15-11(3)9-17(14)4/h5-10H,1-4H3,(H,15,16). The molecule has 1 aromatic carbocycles. The van der Waals surface area contributed by atoms with E-state index in [1.807, 2.05) is 62.8 Å². The minimum atomic E-state index is 0.195. The van der Waals surface area contributed by atoms with E-state index in [4.69, 9.17) is 4.74 Å². The molecule has 0 bridgehead atoms. The third-order valence-corrected chi connectivity index (χ3v) is 2.48. The second kappa shape index (κ2) is 5.12. The van der Waals surface area contributed by atoms with Crippen LogP contribution in [0.1, 0.15) is 19.5 Å². The fraction of sp³-hybridized carbons (Fsp3) is 0.357. The fourth-order valence-electron chi connectivity index (χ4n) is 1.75. The monoisotopic (exact) mass is 245 g/mol. The van der Waals surface area contributed by atoms with Gasteiger partial charge in [0, 0.05) is 18.9 Å². The topological polar surface area (TPSA) is 39.1 Å². The summed E-state index contributed by atoms with van der Waals surface area (Å²) in [5, 5.41) is 3.27. The molecule has 0 radical (unpaired) electrons. The molecule has 1 heterocycles. The predicted molar refractivity (Wildman–Crippen MR) is 73.4 cm³/mol. The maximum absolute atomic E-state index is 5.60. The Morgan fingerprint density at radius 3 is 2.39 bits per heavy atom. The highest BCUT2D eigenvalue weighted by molar-refractivity contribution is 5.55. The molecule has 2 rings (SSSR count). The molecule has 0 aliphatic rings. The summed E-state index contributed by atoms with van der Waals surface area (Å²) in [4.78, 5) is 4.40. The zero-order chi connectivity index (χ0) is 13.1. The molecule has 96 valence electrons. The van der Waals surface area contributed by atoms with Crippen LogP contribution in [0.5, 0.6) is 5.75 Å². The Kier molecular flexibility index (Phi) is 3.55. The van der Waals surface area contributed by atoms with E-state index in [1.54, 1.807) is 0 Å². The molecular formula is C14H19N3O. The minimum absolute atomic E-state index is 0.195. The summed E-state index contributed by atoms with van der Waals surface area (Å²) < 4.78 is 7.56. The Morgan fingerprint density at radius 1 is 1.22 bits per heavy atom. The maximum atomic E-state index is 5.60. The number of nitrogens with zero attached hydrogens (tertiary/aromatic N) is 2. The molecule has 2 aromatic rings. The van der Waals surface area contributed by atoms with Crippen LogP contribution in [-0.2, 0) is 7.05 Å². The van der Waals surface area contributed by atoms with E-state index in [-0.39, 0.29) is 6.10 Å². The van der Waals surface area contributed by atoms with Gasteiger partial charge in [0.25, 0.3) is 0 Å². The van der Waals surface area contributed by atoms with E-state index in [2.05, 4.69) is 10.3 Å². The third-order valence-electron chi connectivity index (χ3n) is 2.48. The number of ether oxygens (including phenoxy) is 1. The van der Waals surface area contributed by atoms with Gasteiger partial charge in [-0.15, -0.1) is 0 Å². The summed E-state index contributed by atoms with van der Waals surface area (Å²) >= 11 is 0. The van der Waals surface area contributed by atoms with Crippen molar-refractivity contribution in [3.8, 4) is 5.75 Å². The van der Waals surface area contributed by atoms with Crippen LogP contribution in [-0.4, -0.2) is 15.7 Å². The fourth-order valence-corrected chi connectivity index (χ4v) is 1.75. The van der Waals surface area contributed by atoms with Crippen molar-refractivity contribution in [1.29, 1.82) is 0 Å². The van der Waals surface area contributed by atoms with E-state index in [0.717, 1.165) is 23.1 Å². The number of nitrogens with one attached hydrogen (secondary N) is 1. The second-order valence-electron chi connectivity index (χ2n) is 4.63. The zero-order valence-electron chi connectivity index (χ0n) is 11.3. The van der Waals surface area contributed by atoms with Crippen LogP contribution < -0.4 is 10.1 Å². The molecule has 0 unspecified atom stereocenters. The summed E-state index contributed by atoms with van der Waals surface area (Å²) in [5.74, 6) is 1.72. The van der Waals surface area contributed by atoms with Crippen molar-refractivity contribution in [2.24, 2.45) is 7.05 Å². The van der Waals surface area contributed by atoms with Crippen LogP contribution in [0.3, 0.4) is 0 Å². The number of anilines is 2. The lowest BCUT2D eigenvalue weighted by molar-refractivity contribution is 0.242. The highest BCUT2D eigenvalue weighted by Gasteiger charge is 2.03. The van der Waals surface area contributed by atoms with Gasteiger partial charge in [-0.3, -0.25) is 0 Å².